The molecule has 0 unspecified atom stereocenters. The fourth-order valence-corrected chi connectivity index (χ4v) is 3.48. The molecule has 0 atom stereocenters. The smallest absolute Gasteiger partial charge is 0.289 e. The summed E-state index contributed by atoms with van der Waals surface area (Å²) in [6.07, 6.45) is 0.809. The third-order valence-corrected chi connectivity index (χ3v) is 5.03. The van der Waals surface area contributed by atoms with Crippen molar-refractivity contribution in [2.75, 3.05) is 38.2 Å². The molecule has 2 aromatic heterocycles. The lowest BCUT2D eigenvalue weighted by atomic mass is 10.2. The predicted octanol–water partition coefficient (Wildman–Crippen LogP) is 3.06. The monoisotopic (exact) mass is 380 g/mol. The first-order chi connectivity index (χ1) is 13.6. The highest BCUT2D eigenvalue weighted by atomic mass is 16.5. The zero-order valence-electron chi connectivity index (χ0n) is 16.4. The Hall–Kier alpha value is -3.09. The first-order valence-corrected chi connectivity index (χ1v) is 9.53. The normalized spacial score (nSPS) is 14.5. The molecule has 0 saturated carbocycles. The van der Waals surface area contributed by atoms with Gasteiger partial charge >= 0.3 is 0 Å². The lowest BCUT2D eigenvalue weighted by molar-refractivity contribution is 0.0717. The fraction of sp³-hybridized carbons (Fsp3) is 0.381. The van der Waals surface area contributed by atoms with E-state index in [9.17, 15) is 4.79 Å². The van der Waals surface area contributed by atoms with Crippen LogP contribution in [0.1, 0.15) is 29.0 Å². The van der Waals surface area contributed by atoms with Crippen LogP contribution in [0.15, 0.2) is 34.7 Å². The van der Waals surface area contributed by atoms with Crippen molar-refractivity contribution in [3.8, 4) is 5.75 Å². The summed E-state index contributed by atoms with van der Waals surface area (Å²) in [4.78, 5) is 26.0. The summed E-state index contributed by atoms with van der Waals surface area (Å²) >= 11 is 0. The molecule has 1 fully saturated rings. The number of amides is 1. The minimum Gasteiger partial charge on any atom is -0.497 e. The van der Waals surface area contributed by atoms with Crippen LogP contribution in [0, 0.1) is 6.92 Å². The van der Waals surface area contributed by atoms with Gasteiger partial charge in [-0.1, -0.05) is 6.92 Å². The lowest BCUT2D eigenvalue weighted by Gasteiger charge is -2.35. The van der Waals surface area contributed by atoms with Gasteiger partial charge in [-0.3, -0.25) is 4.79 Å². The van der Waals surface area contributed by atoms with Gasteiger partial charge in [-0.25, -0.2) is 9.97 Å². The van der Waals surface area contributed by atoms with Gasteiger partial charge in [0.05, 0.1) is 7.11 Å². The summed E-state index contributed by atoms with van der Waals surface area (Å²) < 4.78 is 11.0. The Kier molecular flexibility index (Phi) is 4.90. The summed E-state index contributed by atoms with van der Waals surface area (Å²) in [6.45, 7) is 6.77. The van der Waals surface area contributed by atoms with Gasteiger partial charge in [-0.2, -0.15) is 0 Å². The maximum atomic E-state index is 12.9. The van der Waals surface area contributed by atoms with Crippen molar-refractivity contribution in [3.63, 3.8) is 0 Å². The number of aryl methyl sites for hydroxylation is 2. The Bertz CT molecular complexity index is 1010. The molecule has 0 spiro atoms. The second-order valence-electron chi connectivity index (χ2n) is 6.93. The van der Waals surface area contributed by atoms with E-state index < -0.39 is 0 Å². The molecular formula is C21H24N4O3. The molecule has 146 valence electrons. The molecule has 0 N–H and O–H groups in total. The Balaban J connectivity index is 1.46. The van der Waals surface area contributed by atoms with Crippen molar-refractivity contribution in [2.24, 2.45) is 0 Å². The third-order valence-electron chi connectivity index (χ3n) is 5.03. The maximum absolute atomic E-state index is 12.9. The van der Waals surface area contributed by atoms with Gasteiger partial charge in [-0.15, -0.1) is 0 Å². The first kappa shape index (κ1) is 18.3. The first-order valence-electron chi connectivity index (χ1n) is 9.53. The molecule has 0 aliphatic carbocycles. The highest BCUT2D eigenvalue weighted by molar-refractivity contribution is 5.96. The number of rotatable bonds is 4. The number of benzene rings is 1. The number of aromatic nitrogens is 2. The van der Waals surface area contributed by atoms with Gasteiger partial charge in [0.25, 0.3) is 5.91 Å². The van der Waals surface area contributed by atoms with Crippen LogP contribution in [-0.2, 0) is 6.42 Å². The minimum atomic E-state index is -0.0806. The molecule has 0 bridgehead atoms. The van der Waals surface area contributed by atoms with Crippen molar-refractivity contribution in [3.05, 3.63) is 47.6 Å². The quantitative estimate of drug-likeness (QED) is 0.693. The topological polar surface area (TPSA) is 71.7 Å². The third kappa shape index (κ3) is 3.52. The van der Waals surface area contributed by atoms with Gasteiger partial charge in [0.1, 0.15) is 23.0 Å². The molecule has 3 aromatic rings. The molecule has 1 aliphatic heterocycles. The van der Waals surface area contributed by atoms with Crippen molar-refractivity contribution >= 4 is 22.7 Å². The maximum Gasteiger partial charge on any atom is 0.289 e. The average molecular weight is 380 g/mol. The summed E-state index contributed by atoms with van der Waals surface area (Å²) in [5.41, 5.74) is 1.66. The number of methoxy groups -OCH3 is 1. The highest BCUT2D eigenvalue weighted by Crippen LogP contribution is 2.25. The van der Waals surface area contributed by atoms with Crippen LogP contribution in [0.2, 0.25) is 0 Å². The number of carbonyl (C=O) groups excluding carboxylic acids is 1. The van der Waals surface area contributed by atoms with E-state index in [1.54, 1.807) is 13.2 Å². The van der Waals surface area contributed by atoms with E-state index in [-0.39, 0.29) is 5.91 Å². The number of hydrogen-bond acceptors (Lipinski definition) is 6. The Labute approximate surface area is 163 Å². The molecule has 7 heteroatoms. The molecule has 3 heterocycles. The molecule has 28 heavy (non-hydrogen) atoms. The van der Waals surface area contributed by atoms with E-state index in [1.807, 2.05) is 36.1 Å². The summed E-state index contributed by atoms with van der Waals surface area (Å²) in [7, 11) is 1.62. The van der Waals surface area contributed by atoms with Crippen LogP contribution >= 0.6 is 0 Å². The second kappa shape index (κ2) is 7.50. The van der Waals surface area contributed by atoms with Crippen LogP contribution in [-0.4, -0.2) is 54.1 Å². The number of furan rings is 1. The molecule has 1 saturated heterocycles. The minimum absolute atomic E-state index is 0.0806. The predicted molar refractivity (Wildman–Crippen MR) is 107 cm³/mol. The number of hydrogen-bond donors (Lipinski definition) is 0. The Morgan fingerprint density at radius 3 is 2.64 bits per heavy atom. The van der Waals surface area contributed by atoms with Gasteiger partial charge in [0, 0.05) is 49.7 Å². The van der Waals surface area contributed by atoms with Gasteiger partial charge in [-0.05, 0) is 31.2 Å². The van der Waals surface area contributed by atoms with E-state index >= 15 is 0 Å². The van der Waals surface area contributed by atoms with Crippen molar-refractivity contribution in [1.29, 1.82) is 0 Å². The molecule has 1 aromatic carbocycles. The molecule has 4 rings (SSSR count). The summed E-state index contributed by atoms with van der Waals surface area (Å²) in [5, 5.41) is 0.866. The molecule has 7 nitrogen and oxygen atoms in total. The average Bonchev–Trinajstić information content (AvgIpc) is 3.16. The van der Waals surface area contributed by atoms with E-state index in [2.05, 4.69) is 21.8 Å². The summed E-state index contributed by atoms with van der Waals surface area (Å²) in [6, 6.07) is 9.31. The van der Waals surface area contributed by atoms with Gasteiger partial charge in [0.2, 0.25) is 0 Å². The number of ether oxygens (including phenoxy) is 1. The Morgan fingerprint density at radius 1 is 1.14 bits per heavy atom. The highest BCUT2D eigenvalue weighted by Gasteiger charge is 2.25. The van der Waals surface area contributed by atoms with Crippen molar-refractivity contribution in [1.82, 2.24) is 14.9 Å². The number of fused-ring (bicyclic) bond motifs is 1. The Morgan fingerprint density at radius 2 is 1.93 bits per heavy atom. The van der Waals surface area contributed by atoms with Crippen LogP contribution in [0.4, 0.5) is 5.82 Å². The fourth-order valence-electron chi connectivity index (χ4n) is 3.48. The molecule has 0 radical (unpaired) electrons. The molecule has 1 aliphatic rings. The number of carbonyl (C=O) groups is 1. The van der Waals surface area contributed by atoms with E-state index in [4.69, 9.17) is 9.15 Å². The van der Waals surface area contributed by atoms with E-state index in [1.165, 1.54) is 0 Å². The van der Waals surface area contributed by atoms with Gasteiger partial charge < -0.3 is 19.0 Å². The zero-order valence-corrected chi connectivity index (χ0v) is 16.4. The van der Waals surface area contributed by atoms with Crippen molar-refractivity contribution in [2.45, 2.75) is 20.3 Å². The van der Waals surface area contributed by atoms with Crippen LogP contribution < -0.4 is 9.64 Å². The van der Waals surface area contributed by atoms with E-state index in [0.717, 1.165) is 48.0 Å². The van der Waals surface area contributed by atoms with Gasteiger partial charge in [0.15, 0.2) is 5.76 Å². The SMILES string of the molecule is CCc1nc(C)cc(N2CCN(C(=O)c3cc4cc(OC)ccc4o3)CC2)n1. The summed E-state index contributed by atoms with van der Waals surface area (Å²) in [5.74, 6) is 2.82. The van der Waals surface area contributed by atoms with Crippen molar-refractivity contribution < 1.29 is 13.9 Å². The standard InChI is InChI=1S/C21H24N4O3/c1-4-19-22-14(2)11-20(23-19)24-7-9-25(10-8-24)21(26)18-13-15-12-16(27-3)5-6-17(15)28-18/h5-6,11-13H,4,7-10H2,1-3H3. The zero-order chi connectivity index (χ0) is 19.7. The van der Waals surface area contributed by atoms with Crippen LogP contribution in [0.3, 0.4) is 0 Å². The second-order valence-corrected chi connectivity index (χ2v) is 6.93. The lowest BCUT2D eigenvalue weighted by Crippen LogP contribution is -2.49. The number of piperazine rings is 1. The molecular weight excluding hydrogens is 356 g/mol. The molecule has 1 amide bonds. The largest absolute Gasteiger partial charge is 0.497 e. The number of anilines is 1. The van der Waals surface area contributed by atoms with E-state index in [0.29, 0.717) is 24.4 Å². The van der Waals surface area contributed by atoms with Crippen LogP contribution in [0.5, 0.6) is 5.75 Å². The number of nitrogens with zero attached hydrogens (tertiary/aromatic N) is 4. The van der Waals surface area contributed by atoms with Crippen LogP contribution in [0.25, 0.3) is 11.0 Å².